The zero-order valence-electron chi connectivity index (χ0n) is 18.5. The summed E-state index contributed by atoms with van der Waals surface area (Å²) >= 11 is 6.78. The Hall–Kier alpha value is -2.40. The van der Waals surface area contributed by atoms with Crippen molar-refractivity contribution in [1.29, 1.82) is 0 Å². The van der Waals surface area contributed by atoms with Crippen LogP contribution in [0.3, 0.4) is 0 Å². The lowest BCUT2D eigenvalue weighted by molar-refractivity contribution is 0.0981. The fourth-order valence-electron chi connectivity index (χ4n) is 3.21. The second kappa shape index (κ2) is 10.9. The van der Waals surface area contributed by atoms with Gasteiger partial charge in [-0.25, -0.2) is 13.1 Å². The molecule has 3 rings (SSSR count). The van der Waals surface area contributed by atoms with Crippen LogP contribution < -0.4 is 15.2 Å². The molecule has 0 radical (unpaired) electrons. The Kier molecular flexibility index (Phi) is 8.40. The van der Waals surface area contributed by atoms with E-state index in [1.807, 2.05) is 13.8 Å². The van der Waals surface area contributed by atoms with Gasteiger partial charge in [0.25, 0.3) is 15.9 Å². The first kappa shape index (κ1) is 26.2. The summed E-state index contributed by atoms with van der Waals surface area (Å²) in [7, 11) is -4.06. The number of amides is 1. The third-order valence-electron chi connectivity index (χ3n) is 5.00. The first-order valence-electron chi connectivity index (χ1n) is 10.4. The fraction of sp³-hybridized carbons (Fsp3) is 0.208. The third-order valence-corrected chi connectivity index (χ3v) is 7.52. The molecule has 10 heteroatoms. The summed E-state index contributed by atoms with van der Waals surface area (Å²) in [5, 5.41) is 10.0. The maximum absolute atomic E-state index is 12.7. The molecular weight excluding hydrogens is 588 g/mol. The number of rotatable bonds is 8. The van der Waals surface area contributed by atoms with Gasteiger partial charge in [0.1, 0.15) is 11.5 Å². The Bertz CT molecular complexity index is 1290. The summed E-state index contributed by atoms with van der Waals surface area (Å²) in [6.07, 6.45) is 0.631. The van der Waals surface area contributed by atoms with Crippen LogP contribution in [0.5, 0.6) is 17.2 Å². The van der Waals surface area contributed by atoms with Crippen LogP contribution >= 0.6 is 31.9 Å². The van der Waals surface area contributed by atoms with E-state index in [-0.39, 0.29) is 22.1 Å². The lowest BCUT2D eigenvalue weighted by atomic mass is 10.0. The van der Waals surface area contributed by atoms with Crippen molar-refractivity contribution in [2.75, 3.05) is 6.54 Å². The molecule has 0 aliphatic heterocycles. The molecule has 0 atom stereocenters. The molecule has 3 aromatic rings. The number of nitrogens with one attached hydrogen (secondary N) is 1. The number of phenols is 1. The first-order valence-corrected chi connectivity index (χ1v) is 13.4. The van der Waals surface area contributed by atoms with Gasteiger partial charge in [0.2, 0.25) is 0 Å². The molecule has 7 nitrogen and oxygen atoms in total. The van der Waals surface area contributed by atoms with Crippen LogP contribution in [0.25, 0.3) is 0 Å². The van der Waals surface area contributed by atoms with E-state index < -0.39 is 15.9 Å². The number of carbonyl (C=O) groups excluding carboxylic acids is 1. The van der Waals surface area contributed by atoms with E-state index in [1.165, 1.54) is 24.3 Å². The highest BCUT2D eigenvalue weighted by atomic mass is 79.9. The number of sulfonamides is 1. The first-order chi connectivity index (χ1) is 16.0. The van der Waals surface area contributed by atoms with E-state index in [2.05, 4.69) is 36.6 Å². The molecule has 3 aromatic carbocycles. The van der Waals surface area contributed by atoms with Crippen LogP contribution in [-0.2, 0) is 16.4 Å². The molecule has 0 unspecified atom stereocenters. The van der Waals surface area contributed by atoms with Gasteiger partial charge in [-0.1, -0.05) is 26.0 Å². The molecular formula is C24H24Br2N2O5S. The van der Waals surface area contributed by atoms with Crippen LogP contribution in [0.2, 0.25) is 0 Å². The Labute approximate surface area is 215 Å². The lowest BCUT2D eigenvalue weighted by Gasteiger charge is -2.15. The number of carbonyl (C=O) groups is 1. The minimum atomic E-state index is -4.06. The minimum Gasteiger partial charge on any atom is -0.508 e. The lowest BCUT2D eigenvalue weighted by Crippen LogP contribution is -2.30. The number of halogens is 2. The maximum Gasteiger partial charge on any atom is 0.265 e. The Morgan fingerprint density at radius 3 is 2.24 bits per heavy atom. The van der Waals surface area contributed by atoms with Crippen molar-refractivity contribution in [2.24, 2.45) is 5.73 Å². The van der Waals surface area contributed by atoms with Gasteiger partial charge < -0.3 is 15.6 Å². The highest BCUT2D eigenvalue weighted by Gasteiger charge is 2.21. The highest BCUT2D eigenvalue weighted by molar-refractivity contribution is 9.11. The minimum absolute atomic E-state index is 0.0204. The highest BCUT2D eigenvalue weighted by Crippen LogP contribution is 2.39. The van der Waals surface area contributed by atoms with E-state index in [1.54, 1.807) is 30.3 Å². The van der Waals surface area contributed by atoms with Gasteiger partial charge in [0, 0.05) is 11.1 Å². The number of hydrogen-bond donors (Lipinski definition) is 3. The number of benzene rings is 3. The van der Waals surface area contributed by atoms with Crippen molar-refractivity contribution in [2.45, 2.75) is 31.1 Å². The molecule has 0 aromatic heterocycles. The monoisotopic (exact) mass is 610 g/mol. The summed E-state index contributed by atoms with van der Waals surface area (Å²) in [4.78, 5) is 12.7. The van der Waals surface area contributed by atoms with Crippen molar-refractivity contribution in [1.82, 2.24) is 4.72 Å². The SMILES string of the molecule is CC(C)c1cc(Oc2c(Br)cc(C(=O)NS(=O)(=O)c3ccc(CCN)cc3)cc2Br)ccc1O. The Morgan fingerprint density at radius 1 is 1.06 bits per heavy atom. The van der Waals surface area contributed by atoms with Crippen molar-refractivity contribution in [3.63, 3.8) is 0 Å². The van der Waals surface area contributed by atoms with E-state index in [0.717, 1.165) is 11.1 Å². The molecule has 0 heterocycles. The summed E-state index contributed by atoms with van der Waals surface area (Å²) in [5.74, 6) is 0.393. The van der Waals surface area contributed by atoms with Gasteiger partial charge >= 0.3 is 0 Å². The fourth-order valence-corrected chi connectivity index (χ4v) is 5.53. The van der Waals surface area contributed by atoms with E-state index >= 15 is 0 Å². The molecule has 1 amide bonds. The Morgan fingerprint density at radius 2 is 1.68 bits per heavy atom. The van der Waals surface area contributed by atoms with Crippen molar-refractivity contribution < 1.29 is 23.1 Å². The predicted molar refractivity (Wildman–Crippen MR) is 138 cm³/mol. The van der Waals surface area contributed by atoms with Crippen LogP contribution in [0, 0.1) is 0 Å². The van der Waals surface area contributed by atoms with Crippen molar-refractivity contribution in [3.8, 4) is 17.2 Å². The Balaban J connectivity index is 1.81. The van der Waals surface area contributed by atoms with Gasteiger partial charge in [0.15, 0.2) is 5.75 Å². The number of nitrogens with two attached hydrogens (primary N) is 1. The molecule has 0 bridgehead atoms. The average Bonchev–Trinajstić information content (AvgIpc) is 2.77. The summed E-state index contributed by atoms with van der Waals surface area (Å²) in [6.45, 7) is 4.37. The summed E-state index contributed by atoms with van der Waals surface area (Å²) in [5.41, 5.74) is 7.27. The topological polar surface area (TPSA) is 119 Å². The molecule has 0 saturated carbocycles. The molecule has 34 heavy (non-hydrogen) atoms. The van der Waals surface area contributed by atoms with Gasteiger partial charge in [0.05, 0.1) is 13.8 Å². The summed E-state index contributed by atoms with van der Waals surface area (Å²) < 4.78 is 34.2. The maximum atomic E-state index is 12.7. The zero-order valence-corrected chi connectivity index (χ0v) is 22.5. The predicted octanol–water partition coefficient (Wildman–Crippen LogP) is 5.45. The van der Waals surface area contributed by atoms with Gasteiger partial charge in [-0.2, -0.15) is 0 Å². The molecule has 0 aliphatic carbocycles. The average molecular weight is 612 g/mol. The standard InChI is InChI=1S/C24H24Br2N2O5S/c1-14(2)19-13-17(5-8-22(19)29)33-23-20(25)11-16(12-21(23)26)24(30)28-34(31,32)18-6-3-15(4-7-18)9-10-27/h3-8,11-14,29H,9-10,27H2,1-2H3,(H,28,30). The smallest absolute Gasteiger partial charge is 0.265 e. The van der Waals surface area contributed by atoms with Gasteiger partial charge in [-0.15, -0.1) is 0 Å². The van der Waals surface area contributed by atoms with E-state index in [4.69, 9.17) is 10.5 Å². The number of ether oxygens (including phenoxy) is 1. The quantitative estimate of drug-likeness (QED) is 0.312. The van der Waals surface area contributed by atoms with E-state index in [9.17, 15) is 18.3 Å². The number of hydrogen-bond acceptors (Lipinski definition) is 6. The van der Waals surface area contributed by atoms with Crippen LogP contribution in [0.1, 0.15) is 41.3 Å². The third kappa shape index (κ3) is 6.18. The molecule has 0 saturated heterocycles. The van der Waals surface area contributed by atoms with Crippen LogP contribution in [-0.4, -0.2) is 26.0 Å². The van der Waals surface area contributed by atoms with Crippen LogP contribution in [0.15, 0.2) is 68.4 Å². The van der Waals surface area contributed by atoms with Gasteiger partial charge in [-0.3, -0.25) is 4.79 Å². The second-order valence-corrected chi connectivity index (χ2v) is 11.3. The number of aromatic hydroxyl groups is 1. The largest absolute Gasteiger partial charge is 0.508 e. The molecule has 0 spiro atoms. The molecule has 0 fully saturated rings. The number of phenolic OH excluding ortho intramolecular Hbond substituents is 1. The zero-order chi connectivity index (χ0) is 25.0. The molecule has 180 valence electrons. The van der Waals surface area contributed by atoms with Crippen molar-refractivity contribution >= 4 is 47.8 Å². The molecule has 0 aliphatic rings. The second-order valence-electron chi connectivity index (χ2n) is 7.86. The molecule has 4 N–H and O–H groups in total. The normalized spacial score (nSPS) is 11.5. The van der Waals surface area contributed by atoms with Crippen molar-refractivity contribution in [3.05, 3.63) is 80.2 Å². The van der Waals surface area contributed by atoms with Gasteiger partial charge in [-0.05, 0) is 98.8 Å². The van der Waals surface area contributed by atoms with Crippen LogP contribution in [0.4, 0.5) is 0 Å². The summed E-state index contributed by atoms with van der Waals surface area (Å²) in [6, 6.07) is 14.1. The van der Waals surface area contributed by atoms with E-state index in [0.29, 0.717) is 33.4 Å².